The summed E-state index contributed by atoms with van der Waals surface area (Å²) in [7, 11) is 0. The average molecular weight is 299 g/mol. The standard InChI is InChI=1S/C18H18N2.ClH/c1-12-8-13(2)10-15(9-12)20-18-11-14(3)19-17-7-5-4-6-16(17)18;/h4-11H,1-3H3,(H,19,20);1H. The van der Waals surface area contributed by atoms with Gasteiger partial charge < -0.3 is 5.32 Å². The predicted molar refractivity (Wildman–Crippen MR) is 92.9 cm³/mol. The zero-order valence-corrected chi connectivity index (χ0v) is 13.3. The van der Waals surface area contributed by atoms with Crippen LogP contribution in [0.1, 0.15) is 16.8 Å². The maximum absolute atomic E-state index is 4.57. The van der Waals surface area contributed by atoms with Crippen LogP contribution in [0, 0.1) is 20.8 Å². The van der Waals surface area contributed by atoms with Gasteiger partial charge in [0.05, 0.1) is 5.52 Å². The molecule has 0 unspecified atom stereocenters. The van der Waals surface area contributed by atoms with Crippen LogP contribution in [0.3, 0.4) is 0 Å². The van der Waals surface area contributed by atoms with Gasteiger partial charge in [0.2, 0.25) is 0 Å². The topological polar surface area (TPSA) is 24.9 Å². The first-order chi connectivity index (χ1) is 9.61. The number of aromatic nitrogens is 1. The number of aryl methyl sites for hydroxylation is 3. The number of nitrogens with zero attached hydrogens (tertiary/aromatic N) is 1. The first-order valence-corrected chi connectivity index (χ1v) is 6.83. The van der Waals surface area contributed by atoms with E-state index in [9.17, 15) is 0 Å². The molecule has 108 valence electrons. The van der Waals surface area contributed by atoms with E-state index in [2.05, 4.69) is 60.5 Å². The van der Waals surface area contributed by atoms with Gasteiger partial charge >= 0.3 is 0 Å². The molecule has 3 rings (SSSR count). The van der Waals surface area contributed by atoms with E-state index in [4.69, 9.17) is 0 Å². The van der Waals surface area contributed by atoms with Crippen LogP contribution >= 0.6 is 12.4 Å². The summed E-state index contributed by atoms with van der Waals surface area (Å²) in [5, 5.41) is 4.68. The minimum Gasteiger partial charge on any atom is -0.355 e. The molecule has 0 radical (unpaired) electrons. The largest absolute Gasteiger partial charge is 0.355 e. The fraction of sp³-hybridized carbons (Fsp3) is 0.167. The van der Waals surface area contributed by atoms with Gasteiger partial charge in [0.25, 0.3) is 0 Å². The third-order valence-corrected chi connectivity index (χ3v) is 3.34. The highest BCUT2D eigenvalue weighted by molar-refractivity contribution is 5.93. The Morgan fingerprint density at radius 2 is 1.52 bits per heavy atom. The Labute approximate surface area is 131 Å². The lowest BCUT2D eigenvalue weighted by Gasteiger charge is -2.12. The third-order valence-electron chi connectivity index (χ3n) is 3.34. The van der Waals surface area contributed by atoms with Crippen LogP contribution in [0.2, 0.25) is 0 Å². The number of nitrogens with one attached hydrogen (secondary N) is 1. The van der Waals surface area contributed by atoms with Gasteiger partial charge in [-0.15, -0.1) is 12.4 Å². The summed E-state index contributed by atoms with van der Waals surface area (Å²) < 4.78 is 0. The van der Waals surface area contributed by atoms with Crippen molar-refractivity contribution >= 4 is 34.7 Å². The molecule has 21 heavy (non-hydrogen) atoms. The van der Waals surface area contributed by atoms with Crippen LogP contribution in [0.4, 0.5) is 11.4 Å². The molecule has 0 fully saturated rings. The highest BCUT2D eigenvalue weighted by Gasteiger charge is 2.04. The van der Waals surface area contributed by atoms with Crippen molar-refractivity contribution in [2.45, 2.75) is 20.8 Å². The second-order valence-corrected chi connectivity index (χ2v) is 5.33. The molecule has 1 aromatic heterocycles. The van der Waals surface area contributed by atoms with Crippen LogP contribution < -0.4 is 5.32 Å². The molecular weight excluding hydrogens is 280 g/mol. The molecule has 0 aliphatic heterocycles. The van der Waals surface area contributed by atoms with E-state index in [-0.39, 0.29) is 12.4 Å². The number of fused-ring (bicyclic) bond motifs is 1. The van der Waals surface area contributed by atoms with Crippen LogP contribution in [0.15, 0.2) is 48.5 Å². The molecular formula is C18H19ClN2. The normalized spacial score (nSPS) is 10.2. The molecule has 0 aliphatic carbocycles. The van der Waals surface area contributed by atoms with Gasteiger partial charge in [-0.2, -0.15) is 0 Å². The van der Waals surface area contributed by atoms with Crippen LogP contribution in [-0.4, -0.2) is 4.98 Å². The maximum Gasteiger partial charge on any atom is 0.0726 e. The lowest BCUT2D eigenvalue weighted by Crippen LogP contribution is -1.95. The van der Waals surface area contributed by atoms with Crippen LogP contribution in [0.25, 0.3) is 10.9 Å². The molecule has 0 atom stereocenters. The van der Waals surface area contributed by atoms with Gasteiger partial charge in [-0.1, -0.05) is 24.3 Å². The van der Waals surface area contributed by atoms with Crippen molar-refractivity contribution in [1.82, 2.24) is 4.98 Å². The number of rotatable bonds is 2. The van der Waals surface area contributed by atoms with Gasteiger partial charge in [-0.25, -0.2) is 0 Å². The van der Waals surface area contributed by atoms with E-state index in [1.807, 2.05) is 19.1 Å². The van der Waals surface area contributed by atoms with Gasteiger partial charge in [-0.3, -0.25) is 4.98 Å². The fourth-order valence-electron chi connectivity index (χ4n) is 2.61. The summed E-state index contributed by atoms with van der Waals surface area (Å²) in [5.74, 6) is 0. The summed E-state index contributed by atoms with van der Waals surface area (Å²) in [6.07, 6.45) is 0. The van der Waals surface area contributed by atoms with Crippen LogP contribution in [-0.2, 0) is 0 Å². The number of hydrogen-bond acceptors (Lipinski definition) is 2. The Morgan fingerprint density at radius 1 is 0.857 bits per heavy atom. The third kappa shape index (κ3) is 3.34. The second kappa shape index (κ2) is 6.15. The lowest BCUT2D eigenvalue weighted by molar-refractivity contribution is 1.25. The molecule has 0 saturated heterocycles. The molecule has 0 saturated carbocycles. The summed E-state index contributed by atoms with van der Waals surface area (Å²) >= 11 is 0. The first kappa shape index (κ1) is 15.3. The number of benzene rings is 2. The van der Waals surface area contributed by atoms with Crippen molar-refractivity contribution in [1.29, 1.82) is 0 Å². The van der Waals surface area contributed by atoms with Gasteiger partial charge in [0.15, 0.2) is 0 Å². The number of halogens is 1. The Hall–Kier alpha value is -2.06. The van der Waals surface area contributed by atoms with Crippen molar-refractivity contribution in [3.05, 3.63) is 65.4 Å². The summed E-state index contributed by atoms with van der Waals surface area (Å²) in [6.45, 7) is 6.27. The first-order valence-electron chi connectivity index (χ1n) is 6.83. The molecule has 0 spiro atoms. The molecule has 3 heteroatoms. The lowest BCUT2D eigenvalue weighted by atomic mass is 10.1. The van der Waals surface area contributed by atoms with Gasteiger partial charge in [0.1, 0.15) is 0 Å². The number of pyridine rings is 1. The number of hydrogen-bond donors (Lipinski definition) is 1. The minimum absolute atomic E-state index is 0. The Bertz CT molecular complexity index is 761. The van der Waals surface area contributed by atoms with Crippen molar-refractivity contribution < 1.29 is 0 Å². The minimum atomic E-state index is 0. The Morgan fingerprint density at radius 3 is 2.24 bits per heavy atom. The van der Waals surface area contributed by atoms with Crippen molar-refractivity contribution in [3.63, 3.8) is 0 Å². The van der Waals surface area contributed by atoms with Crippen molar-refractivity contribution in [2.75, 3.05) is 5.32 Å². The Kier molecular flexibility index (Phi) is 4.49. The number of anilines is 2. The van der Waals surface area contributed by atoms with E-state index in [1.54, 1.807) is 0 Å². The molecule has 0 amide bonds. The highest BCUT2D eigenvalue weighted by Crippen LogP contribution is 2.27. The van der Waals surface area contributed by atoms with E-state index < -0.39 is 0 Å². The van der Waals surface area contributed by atoms with E-state index >= 15 is 0 Å². The predicted octanol–water partition coefficient (Wildman–Crippen LogP) is 5.33. The quantitative estimate of drug-likeness (QED) is 0.692. The van der Waals surface area contributed by atoms with E-state index in [0.29, 0.717) is 0 Å². The average Bonchev–Trinajstić information content (AvgIpc) is 2.37. The molecule has 3 aromatic rings. The Balaban J connectivity index is 0.00000161. The summed E-state index contributed by atoms with van der Waals surface area (Å²) in [5.41, 5.74) is 6.82. The highest BCUT2D eigenvalue weighted by atomic mass is 35.5. The second-order valence-electron chi connectivity index (χ2n) is 5.33. The van der Waals surface area contributed by atoms with E-state index in [0.717, 1.165) is 28.0 Å². The maximum atomic E-state index is 4.57. The van der Waals surface area contributed by atoms with E-state index in [1.165, 1.54) is 11.1 Å². The smallest absolute Gasteiger partial charge is 0.0726 e. The molecule has 1 heterocycles. The zero-order valence-electron chi connectivity index (χ0n) is 12.5. The molecule has 1 N–H and O–H groups in total. The van der Waals surface area contributed by atoms with Gasteiger partial charge in [0, 0.05) is 22.5 Å². The number of para-hydroxylation sites is 1. The molecule has 2 nitrogen and oxygen atoms in total. The van der Waals surface area contributed by atoms with Gasteiger partial charge in [-0.05, 0) is 56.2 Å². The zero-order chi connectivity index (χ0) is 14.1. The molecule has 2 aromatic carbocycles. The molecule has 0 aliphatic rings. The SMILES string of the molecule is Cc1cc(C)cc(Nc2cc(C)nc3ccccc23)c1.Cl. The summed E-state index contributed by atoms with van der Waals surface area (Å²) in [6, 6.07) is 16.8. The molecule has 0 bridgehead atoms. The summed E-state index contributed by atoms with van der Waals surface area (Å²) in [4.78, 5) is 4.57. The van der Waals surface area contributed by atoms with Crippen LogP contribution in [0.5, 0.6) is 0 Å². The fourth-order valence-corrected chi connectivity index (χ4v) is 2.61. The van der Waals surface area contributed by atoms with Crippen molar-refractivity contribution in [3.8, 4) is 0 Å². The van der Waals surface area contributed by atoms with Crippen molar-refractivity contribution in [2.24, 2.45) is 0 Å². The monoisotopic (exact) mass is 298 g/mol.